The lowest BCUT2D eigenvalue weighted by Crippen LogP contribution is -2.35. The van der Waals surface area contributed by atoms with Crippen molar-refractivity contribution in [1.29, 1.82) is 0 Å². The molecule has 3 nitrogen and oxygen atoms in total. The Morgan fingerprint density at radius 1 is 1.20 bits per heavy atom. The van der Waals surface area contributed by atoms with Crippen LogP contribution in [0, 0.1) is 0 Å². The number of likely N-dealkylation sites (N-methyl/N-ethyl adjacent to an activating group) is 1. The summed E-state index contributed by atoms with van der Waals surface area (Å²) in [6.07, 6.45) is 1.47. The van der Waals surface area contributed by atoms with E-state index in [0.29, 0.717) is 12.1 Å². The van der Waals surface area contributed by atoms with Gasteiger partial charge in [0.1, 0.15) is 0 Å². The Bertz CT molecular complexity index is 340. The molecule has 0 aliphatic rings. The highest BCUT2D eigenvalue weighted by Gasteiger charge is 2.16. The van der Waals surface area contributed by atoms with E-state index >= 15 is 0 Å². The van der Waals surface area contributed by atoms with Gasteiger partial charge in [-0.25, -0.2) is 0 Å². The van der Waals surface area contributed by atoms with Crippen molar-refractivity contribution in [1.82, 2.24) is 10.2 Å². The van der Waals surface area contributed by atoms with Gasteiger partial charge in [-0.2, -0.15) is 0 Å². The number of hydrogen-bond acceptors (Lipinski definition) is 3. The van der Waals surface area contributed by atoms with Gasteiger partial charge < -0.3 is 10.1 Å². The molecule has 0 heterocycles. The second-order valence-electron chi connectivity index (χ2n) is 5.53. The summed E-state index contributed by atoms with van der Waals surface area (Å²) < 4.78 is 5.66. The number of hydrogen-bond donors (Lipinski definition) is 1. The summed E-state index contributed by atoms with van der Waals surface area (Å²) in [6, 6.07) is 11.1. The number of nitrogens with one attached hydrogen (secondary N) is 1. The molecular formula is C17H30N2O. The highest BCUT2D eigenvalue weighted by Crippen LogP contribution is 2.18. The SMILES string of the molecule is CCCNCC(c1ccccc1)N(C)CCOC(C)C. The minimum atomic E-state index is 0.303. The van der Waals surface area contributed by atoms with Crippen molar-refractivity contribution in [2.45, 2.75) is 39.3 Å². The van der Waals surface area contributed by atoms with Crippen LogP contribution in [-0.4, -0.2) is 44.3 Å². The lowest BCUT2D eigenvalue weighted by Gasteiger charge is -2.29. The average molecular weight is 278 g/mol. The van der Waals surface area contributed by atoms with Crippen LogP contribution in [0.5, 0.6) is 0 Å². The normalized spacial score (nSPS) is 13.1. The molecule has 20 heavy (non-hydrogen) atoms. The van der Waals surface area contributed by atoms with Crippen LogP contribution in [0.15, 0.2) is 30.3 Å². The second kappa shape index (κ2) is 9.92. The van der Waals surface area contributed by atoms with E-state index in [0.717, 1.165) is 26.2 Å². The zero-order chi connectivity index (χ0) is 14.8. The molecule has 0 saturated heterocycles. The third kappa shape index (κ3) is 6.51. The van der Waals surface area contributed by atoms with Crippen molar-refractivity contribution < 1.29 is 4.74 Å². The van der Waals surface area contributed by atoms with E-state index < -0.39 is 0 Å². The maximum Gasteiger partial charge on any atom is 0.0597 e. The average Bonchev–Trinajstić information content (AvgIpc) is 2.44. The minimum Gasteiger partial charge on any atom is -0.377 e. The van der Waals surface area contributed by atoms with Gasteiger partial charge in [0.25, 0.3) is 0 Å². The van der Waals surface area contributed by atoms with Crippen molar-refractivity contribution in [3.8, 4) is 0 Å². The molecule has 0 amide bonds. The molecule has 0 aliphatic heterocycles. The van der Waals surface area contributed by atoms with Gasteiger partial charge in [-0.15, -0.1) is 0 Å². The van der Waals surface area contributed by atoms with Crippen LogP contribution in [0.2, 0.25) is 0 Å². The van der Waals surface area contributed by atoms with Crippen LogP contribution in [-0.2, 0) is 4.74 Å². The molecule has 0 saturated carbocycles. The van der Waals surface area contributed by atoms with E-state index in [-0.39, 0.29) is 0 Å². The van der Waals surface area contributed by atoms with E-state index in [1.165, 1.54) is 12.0 Å². The lowest BCUT2D eigenvalue weighted by molar-refractivity contribution is 0.0556. The smallest absolute Gasteiger partial charge is 0.0597 e. The van der Waals surface area contributed by atoms with E-state index in [1.54, 1.807) is 0 Å². The molecular weight excluding hydrogens is 248 g/mol. The molecule has 0 radical (unpaired) electrons. The maximum absolute atomic E-state index is 5.66. The first-order valence-electron chi connectivity index (χ1n) is 7.72. The Balaban J connectivity index is 2.57. The highest BCUT2D eigenvalue weighted by molar-refractivity contribution is 5.19. The lowest BCUT2D eigenvalue weighted by atomic mass is 10.1. The van der Waals surface area contributed by atoms with Crippen LogP contribution in [0.1, 0.15) is 38.8 Å². The van der Waals surface area contributed by atoms with Gasteiger partial charge in [0.05, 0.1) is 12.7 Å². The first-order chi connectivity index (χ1) is 9.65. The van der Waals surface area contributed by atoms with Crippen LogP contribution in [0.3, 0.4) is 0 Å². The van der Waals surface area contributed by atoms with Gasteiger partial charge in [-0.3, -0.25) is 4.90 Å². The molecule has 1 atom stereocenters. The largest absolute Gasteiger partial charge is 0.377 e. The predicted molar refractivity (Wildman–Crippen MR) is 86.1 cm³/mol. The first-order valence-corrected chi connectivity index (χ1v) is 7.72. The van der Waals surface area contributed by atoms with Crippen molar-refractivity contribution in [3.63, 3.8) is 0 Å². The minimum absolute atomic E-state index is 0.303. The number of rotatable bonds is 10. The fraction of sp³-hybridized carbons (Fsp3) is 0.647. The zero-order valence-corrected chi connectivity index (χ0v) is 13.4. The number of benzene rings is 1. The molecule has 1 unspecified atom stereocenters. The summed E-state index contributed by atoms with van der Waals surface area (Å²) >= 11 is 0. The molecule has 1 rings (SSSR count). The van der Waals surface area contributed by atoms with Gasteiger partial charge >= 0.3 is 0 Å². The molecule has 0 aliphatic carbocycles. The standard InChI is InChI=1S/C17H30N2O/c1-5-11-18-14-17(16-9-7-6-8-10-16)19(4)12-13-20-15(2)3/h6-10,15,17-18H,5,11-14H2,1-4H3. The Labute approximate surface area is 124 Å². The molecule has 3 heteroatoms. The van der Waals surface area contributed by atoms with Gasteiger partial charge in [0.15, 0.2) is 0 Å². The second-order valence-corrected chi connectivity index (χ2v) is 5.53. The molecule has 1 aromatic carbocycles. The molecule has 1 N–H and O–H groups in total. The van der Waals surface area contributed by atoms with E-state index in [4.69, 9.17) is 4.74 Å². The Kier molecular flexibility index (Phi) is 8.51. The van der Waals surface area contributed by atoms with Crippen molar-refractivity contribution >= 4 is 0 Å². The molecule has 0 spiro atoms. The molecule has 114 valence electrons. The summed E-state index contributed by atoms with van der Waals surface area (Å²) in [5, 5.41) is 3.53. The fourth-order valence-corrected chi connectivity index (χ4v) is 2.21. The van der Waals surface area contributed by atoms with Crippen molar-refractivity contribution in [3.05, 3.63) is 35.9 Å². The van der Waals surface area contributed by atoms with Crippen molar-refractivity contribution in [2.24, 2.45) is 0 Å². The highest BCUT2D eigenvalue weighted by atomic mass is 16.5. The topological polar surface area (TPSA) is 24.5 Å². The van der Waals surface area contributed by atoms with Crippen LogP contribution in [0.25, 0.3) is 0 Å². The zero-order valence-electron chi connectivity index (χ0n) is 13.4. The Morgan fingerprint density at radius 2 is 1.90 bits per heavy atom. The fourth-order valence-electron chi connectivity index (χ4n) is 2.21. The summed E-state index contributed by atoms with van der Waals surface area (Å²) in [6.45, 7) is 10.1. The molecule has 0 bridgehead atoms. The molecule has 0 fully saturated rings. The van der Waals surface area contributed by atoms with Crippen LogP contribution < -0.4 is 5.32 Å². The van der Waals surface area contributed by atoms with E-state index in [9.17, 15) is 0 Å². The van der Waals surface area contributed by atoms with Crippen LogP contribution >= 0.6 is 0 Å². The quantitative estimate of drug-likeness (QED) is 0.666. The number of ether oxygens (including phenoxy) is 1. The summed E-state index contributed by atoms with van der Waals surface area (Å²) in [7, 11) is 2.18. The third-order valence-corrected chi connectivity index (χ3v) is 3.38. The third-order valence-electron chi connectivity index (χ3n) is 3.38. The van der Waals surface area contributed by atoms with Gasteiger partial charge in [-0.1, -0.05) is 37.3 Å². The van der Waals surface area contributed by atoms with Gasteiger partial charge in [0.2, 0.25) is 0 Å². The van der Waals surface area contributed by atoms with Gasteiger partial charge in [0, 0.05) is 19.1 Å². The maximum atomic E-state index is 5.66. The number of nitrogens with zero attached hydrogens (tertiary/aromatic N) is 1. The summed E-state index contributed by atoms with van der Waals surface area (Å²) in [4.78, 5) is 2.38. The predicted octanol–water partition coefficient (Wildman–Crippen LogP) is 3.08. The summed E-state index contributed by atoms with van der Waals surface area (Å²) in [5.74, 6) is 0. The van der Waals surface area contributed by atoms with Gasteiger partial charge in [-0.05, 0) is 39.4 Å². The first kappa shape index (κ1) is 17.2. The Morgan fingerprint density at radius 3 is 2.50 bits per heavy atom. The molecule has 1 aromatic rings. The van der Waals surface area contributed by atoms with Crippen molar-refractivity contribution in [2.75, 3.05) is 33.3 Å². The van der Waals surface area contributed by atoms with E-state index in [2.05, 4.69) is 68.4 Å². The Hall–Kier alpha value is -0.900. The summed E-state index contributed by atoms with van der Waals surface area (Å²) in [5.41, 5.74) is 1.36. The van der Waals surface area contributed by atoms with Crippen LogP contribution in [0.4, 0.5) is 0 Å². The monoisotopic (exact) mass is 278 g/mol. The molecule has 0 aromatic heterocycles. The van der Waals surface area contributed by atoms with E-state index in [1.807, 2.05) is 0 Å².